The molecule has 0 aromatic heterocycles. The van der Waals surface area contributed by atoms with Gasteiger partial charge in [-0.3, -0.25) is 0 Å². The number of ether oxygens (including phenoxy) is 1. The van der Waals surface area contributed by atoms with Gasteiger partial charge in [0.15, 0.2) is 0 Å². The van der Waals surface area contributed by atoms with Crippen LogP contribution in [-0.4, -0.2) is 12.2 Å². The second kappa shape index (κ2) is 4.93. The summed E-state index contributed by atoms with van der Waals surface area (Å²) in [6.07, 6.45) is 3.86. The predicted molar refractivity (Wildman–Crippen MR) is 74.0 cm³/mol. The molecule has 0 bridgehead atoms. The zero-order valence-corrected chi connectivity index (χ0v) is 11.9. The molecule has 1 aliphatic rings. The predicted octanol–water partition coefficient (Wildman–Crippen LogP) is 3.71. The summed E-state index contributed by atoms with van der Waals surface area (Å²) in [5.74, 6) is 1.59. The molecule has 0 saturated heterocycles. The number of aryl methyl sites for hydroxylation is 1. The van der Waals surface area contributed by atoms with Crippen molar-refractivity contribution in [3.8, 4) is 5.75 Å². The molecule has 18 heavy (non-hydrogen) atoms. The minimum atomic E-state index is -0.698. The summed E-state index contributed by atoms with van der Waals surface area (Å²) in [6.45, 7) is 6.40. The third kappa shape index (κ3) is 2.26. The van der Waals surface area contributed by atoms with Crippen molar-refractivity contribution in [1.29, 1.82) is 0 Å². The topological polar surface area (TPSA) is 29.5 Å². The van der Waals surface area contributed by atoms with Crippen LogP contribution in [0.5, 0.6) is 5.75 Å². The van der Waals surface area contributed by atoms with Crippen LogP contribution in [0.1, 0.15) is 49.3 Å². The fraction of sp³-hybridized carbons (Fsp3) is 0.625. The quantitative estimate of drug-likeness (QED) is 0.864. The largest absolute Gasteiger partial charge is 0.496 e. The van der Waals surface area contributed by atoms with E-state index in [0.717, 1.165) is 48.5 Å². The average Bonchev–Trinajstić information content (AvgIpc) is 2.36. The highest BCUT2D eigenvalue weighted by Crippen LogP contribution is 2.44. The first-order valence-corrected chi connectivity index (χ1v) is 6.85. The Morgan fingerprint density at radius 1 is 1.22 bits per heavy atom. The van der Waals surface area contributed by atoms with Gasteiger partial charge in [-0.2, -0.15) is 0 Å². The van der Waals surface area contributed by atoms with Crippen molar-refractivity contribution in [1.82, 2.24) is 0 Å². The second-order valence-corrected chi connectivity index (χ2v) is 5.80. The van der Waals surface area contributed by atoms with Gasteiger partial charge in [0.25, 0.3) is 0 Å². The maximum Gasteiger partial charge on any atom is 0.128 e. The van der Waals surface area contributed by atoms with Gasteiger partial charge < -0.3 is 9.84 Å². The molecule has 2 nitrogen and oxygen atoms in total. The zero-order chi connectivity index (χ0) is 13.3. The van der Waals surface area contributed by atoms with E-state index in [9.17, 15) is 5.11 Å². The molecule has 1 fully saturated rings. The van der Waals surface area contributed by atoms with Gasteiger partial charge in [0, 0.05) is 5.56 Å². The van der Waals surface area contributed by atoms with Crippen LogP contribution in [0.4, 0.5) is 0 Å². The zero-order valence-electron chi connectivity index (χ0n) is 11.9. The van der Waals surface area contributed by atoms with Crippen LogP contribution in [0.15, 0.2) is 12.1 Å². The molecule has 2 rings (SSSR count). The van der Waals surface area contributed by atoms with Crippen LogP contribution in [0.3, 0.4) is 0 Å². The normalized spacial score (nSPS) is 28.2. The first kappa shape index (κ1) is 13.4. The van der Waals surface area contributed by atoms with Gasteiger partial charge in [0.2, 0.25) is 0 Å². The van der Waals surface area contributed by atoms with Crippen molar-refractivity contribution in [3.63, 3.8) is 0 Å². The second-order valence-electron chi connectivity index (χ2n) is 5.80. The molecule has 0 atom stereocenters. The molecule has 0 aliphatic heterocycles. The average molecular weight is 248 g/mol. The number of aliphatic hydroxyl groups is 1. The van der Waals surface area contributed by atoms with Crippen molar-refractivity contribution in [2.24, 2.45) is 5.92 Å². The number of benzene rings is 1. The lowest BCUT2D eigenvalue weighted by molar-refractivity contribution is -0.0138. The van der Waals surface area contributed by atoms with E-state index in [1.54, 1.807) is 7.11 Å². The van der Waals surface area contributed by atoms with Crippen molar-refractivity contribution >= 4 is 0 Å². The van der Waals surface area contributed by atoms with E-state index < -0.39 is 5.60 Å². The molecule has 1 aliphatic carbocycles. The summed E-state index contributed by atoms with van der Waals surface area (Å²) in [4.78, 5) is 0. The number of methoxy groups -OCH3 is 1. The summed E-state index contributed by atoms with van der Waals surface area (Å²) in [5.41, 5.74) is 2.63. The Hall–Kier alpha value is -1.02. The van der Waals surface area contributed by atoms with Crippen LogP contribution in [-0.2, 0) is 5.60 Å². The number of rotatable bonds is 2. The summed E-state index contributed by atoms with van der Waals surface area (Å²) in [6, 6.07) is 4.13. The van der Waals surface area contributed by atoms with Crippen molar-refractivity contribution in [2.75, 3.05) is 7.11 Å². The number of hydrogen-bond acceptors (Lipinski definition) is 2. The lowest BCUT2D eigenvalue weighted by atomic mass is 9.75. The van der Waals surface area contributed by atoms with Gasteiger partial charge in [0.1, 0.15) is 5.75 Å². The van der Waals surface area contributed by atoms with E-state index in [4.69, 9.17) is 4.74 Å². The van der Waals surface area contributed by atoms with Crippen molar-refractivity contribution < 1.29 is 9.84 Å². The molecule has 1 aromatic rings. The summed E-state index contributed by atoms with van der Waals surface area (Å²) >= 11 is 0. The molecule has 1 aromatic carbocycles. The molecule has 0 unspecified atom stereocenters. The van der Waals surface area contributed by atoms with E-state index in [2.05, 4.69) is 26.8 Å². The van der Waals surface area contributed by atoms with Gasteiger partial charge >= 0.3 is 0 Å². The monoisotopic (exact) mass is 248 g/mol. The van der Waals surface area contributed by atoms with Crippen LogP contribution in [0, 0.1) is 19.8 Å². The Labute approximate surface area is 110 Å². The van der Waals surface area contributed by atoms with E-state index >= 15 is 0 Å². The van der Waals surface area contributed by atoms with Gasteiger partial charge in [-0.05, 0) is 56.6 Å². The van der Waals surface area contributed by atoms with Gasteiger partial charge in [-0.25, -0.2) is 0 Å². The Balaban J connectivity index is 2.41. The Kier molecular flexibility index (Phi) is 3.67. The van der Waals surface area contributed by atoms with Crippen LogP contribution < -0.4 is 4.74 Å². The third-order valence-corrected chi connectivity index (χ3v) is 4.48. The van der Waals surface area contributed by atoms with E-state index in [1.807, 2.05) is 6.07 Å². The highest BCUT2D eigenvalue weighted by Gasteiger charge is 2.36. The first-order valence-electron chi connectivity index (χ1n) is 6.85. The molecule has 0 radical (unpaired) electrons. The minimum absolute atomic E-state index is 0.698. The lowest BCUT2D eigenvalue weighted by Crippen LogP contribution is -2.31. The summed E-state index contributed by atoms with van der Waals surface area (Å²) < 4.78 is 5.54. The van der Waals surface area contributed by atoms with Gasteiger partial charge in [-0.15, -0.1) is 0 Å². The third-order valence-electron chi connectivity index (χ3n) is 4.48. The highest BCUT2D eigenvalue weighted by molar-refractivity contribution is 5.48. The standard InChI is InChI=1S/C16H24O2/c1-11-7-9-16(17,10-8-11)14-6-5-12(2)13(3)15(14)18-4/h5-6,11,17H,7-10H2,1-4H3. The van der Waals surface area contributed by atoms with Crippen LogP contribution >= 0.6 is 0 Å². The molecular weight excluding hydrogens is 224 g/mol. The molecule has 1 saturated carbocycles. The SMILES string of the molecule is COc1c(C2(O)CCC(C)CC2)ccc(C)c1C. The molecular formula is C16H24O2. The maximum atomic E-state index is 10.9. The van der Waals surface area contributed by atoms with E-state index in [0.29, 0.717) is 0 Å². The Bertz CT molecular complexity index is 429. The van der Waals surface area contributed by atoms with Crippen LogP contribution in [0.2, 0.25) is 0 Å². The van der Waals surface area contributed by atoms with E-state index in [-0.39, 0.29) is 0 Å². The number of hydrogen-bond donors (Lipinski definition) is 1. The van der Waals surface area contributed by atoms with Crippen molar-refractivity contribution in [3.05, 3.63) is 28.8 Å². The molecule has 1 N–H and O–H groups in total. The Morgan fingerprint density at radius 2 is 1.83 bits per heavy atom. The summed E-state index contributed by atoms with van der Waals surface area (Å²) in [7, 11) is 1.69. The van der Waals surface area contributed by atoms with Crippen LogP contribution in [0.25, 0.3) is 0 Å². The fourth-order valence-electron chi connectivity index (χ4n) is 2.93. The molecule has 0 amide bonds. The highest BCUT2D eigenvalue weighted by atomic mass is 16.5. The molecule has 2 heteroatoms. The van der Waals surface area contributed by atoms with E-state index in [1.165, 1.54) is 5.56 Å². The lowest BCUT2D eigenvalue weighted by Gasteiger charge is -2.36. The fourth-order valence-corrected chi connectivity index (χ4v) is 2.93. The molecule has 0 heterocycles. The molecule has 100 valence electrons. The summed E-state index contributed by atoms with van der Waals surface area (Å²) in [5, 5.41) is 10.9. The smallest absolute Gasteiger partial charge is 0.128 e. The van der Waals surface area contributed by atoms with Gasteiger partial charge in [-0.1, -0.05) is 19.1 Å². The van der Waals surface area contributed by atoms with Gasteiger partial charge in [0.05, 0.1) is 12.7 Å². The maximum absolute atomic E-state index is 10.9. The molecule has 0 spiro atoms. The first-order chi connectivity index (χ1) is 8.48. The Morgan fingerprint density at radius 3 is 2.39 bits per heavy atom. The minimum Gasteiger partial charge on any atom is -0.496 e. The van der Waals surface area contributed by atoms with Crippen molar-refractivity contribution in [2.45, 2.75) is 52.1 Å².